The number of nitrogens with zero attached hydrogens (tertiary/aromatic N) is 6. The zero-order valence-corrected chi connectivity index (χ0v) is 20.0. The molecule has 4 heterocycles. The zero-order valence-electron chi connectivity index (χ0n) is 19.3. The summed E-state index contributed by atoms with van der Waals surface area (Å²) >= 11 is 6.51. The van der Waals surface area contributed by atoms with Crippen molar-refractivity contribution >= 4 is 29.0 Å². The van der Waals surface area contributed by atoms with E-state index in [1.807, 2.05) is 13.0 Å². The van der Waals surface area contributed by atoms with E-state index in [4.69, 9.17) is 16.6 Å². The van der Waals surface area contributed by atoms with Crippen LogP contribution in [0.5, 0.6) is 0 Å². The first kappa shape index (κ1) is 22.4. The molecule has 1 aromatic carbocycles. The lowest BCUT2D eigenvalue weighted by Crippen LogP contribution is -2.54. The van der Waals surface area contributed by atoms with Gasteiger partial charge in [0, 0.05) is 37.3 Å². The number of rotatable bonds is 7. The molecule has 0 amide bonds. The van der Waals surface area contributed by atoms with Gasteiger partial charge in [0.15, 0.2) is 0 Å². The maximum atomic E-state index is 9.28. The number of aryl methyl sites for hydroxylation is 1. The summed E-state index contributed by atoms with van der Waals surface area (Å²) in [6.45, 7) is 9.39. The molecule has 5 rings (SSSR count). The van der Waals surface area contributed by atoms with Crippen LogP contribution in [0.3, 0.4) is 0 Å². The monoisotopic (exact) mass is 469 g/mol. The Kier molecular flexibility index (Phi) is 6.40. The smallest absolute Gasteiger partial charge is 0.256 e. The molecule has 8 nitrogen and oxygen atoms in total. The summed E-state index contributed by atoms with van der Waals surface area (Å²) < 4.78 is 1.74. The quantitative estimate of drug-likeness (QED) is 0.548. The predicted molar refractivity (Wildman–Crippen MR) is 131 cm³/mol. The molecule has 0 bridgehead atoms. The van der Waals surface area contributed by atoms with Crippen LogP contribution in [0.4, 0.5) is 11.6 Å². The first-order valence-corrected chi connectivity index (χ1v) is 12.2. The van der Waals surface area contributed by atoms with E-state index in [1.54, 1.807) is 4.52 Å². The minimum Gasteiger partial charge on any atom is -0.395 e. The van der Waals surface area contributed by atoms with Gasteiger partial charge in [-0.15, -0.1) is 0 Å². The molecular weight excluding hydrogens is 438 g/mol. The van der Waals surface area contributed by atoms with Gasteiger partial charge in [-0.1, -0.05) is 23.7 Å². The predicted octanol–water partition coefficient (Wildman–Crippen LogP) is 3.40. The summed E-state index contributed by atoms with van der Waals surface area (Å²) in [4.78, 5) is 13.8. The van der Waals surface area contributed by atoms with Crippen LogP contribution in [0.2, 0.25) is 5.02 Å². The Morgan fingerprint density at radius 1 is 1.21 bits per heavy atom. The van der Waals surface area contributed by atoms with Crippen LogP contribution in [0.25, 0.3) is 5.78 Å². The van der Waals surface area contributed by atoms with E-state index in [0.717, 1.165) is 60.5 Å². The zero-order chi connectivity index (χ0) is 22.9. The number of piperidine rings is 1. The molecule has 2 atom stereocenters. The maximum Gasteiger partial charge on any atom is 0.256 e. The van der Waals surface area contributed by atoms with Crippen LogP contribution < -0.4 is 10.2 Å². The number of nitrogens with one attached hydrogen (secondary N) is 1. The van der Waals surface area contributed by atoms with Gasteiger partial charge in [0.05, 0.1) is 12.6 Å². The standard InChI is InChI=1S/C24H32ClN7O/c1-16-5-6-20(21(25)10-16)17(2)28-23-11-22(29-24-26-15-27-32(23)24)31-13-19(14-31)18-4-3-7-30(12-18)8-9-33/h5-6,10-11,15,17-19,28,33H,3-4,7-9,12-14H2,1-2H3/t17-,18+/m1/s1. The molecule has 2 fully saturated rings. The van der Waals surface area contributed by atoms with E-state index in [0.29, 0.717) is 17.6 Å². The highest BCUT2D eigenvalue weighted by molar-refractivity contribution is 6.31. The normalized spacial score (nSPS) is 20.7. The molecule has 2 saturated heterocycles. The van der Waals surface area contributed by atoms with Crippen LogP contribution >= 0.6 is 11.6 Å². The largest absolute Gasteiger partial charge is 0.395 e. The third kappa shape index (κ3) is 4.65. The Morgan fingerprint density at radius 3 is 2.85 bits per heavy atom. The summed E-state index contributed by atoms with van der Waals surface area (Å²) in [7, 11) is 0. The Bertz CT molecular complexity index is 1110. The number of likely N-dealkylation sites (tertiary alicyclic amines) is 1. The van der Waals surface area contributed by atoms with Gasteiger partial charge in [0.25, 0.3) is 5.78 Å². The molecule has 2 aliphatic heterocycles. The van der Waals surface area contributed by atoms with Crippen molar-refractivity contribution in [1.82, 2.24) is 24.5 Å². The van der Waals surface area contributed by atoms with E-state index in [9.17, 15) is 5.11 Å². The molecular formula is C24H32ClN7O. The molecule has 176 valence electrons. The number of hydrogen-bond donors (Lipinski definition) is 2. The SMILES string of the molecule is Cc1ccc([C@@H](C)Nc2cc(N3CC([C@H]4CCCN(CCO)C4)C3)nc3ncnn23)c(Cl)c1. The fourth-order valence-corrected chi connectivity index (χ4v) is 5.56. The molecule has 9 heteroatoms. The molecule has 2 aliphatic rings. The van der Waals surface area contributed by atoms with Crippen molar-refractivity contribution in [2.75, 3.05) is 49.5 Å². The molecule has 0 unspecified atom stereocenters. The van der Waals surface area contributed by atoms with Crippen molar-refractivity contribution in [1.29, 1.82) is 0 Å². The van der Waals surface area contributed by atoms with Gasteiger partial charge in [0.1, 0.15) is 18.0 Å². The Labute approximate surface area is 199 Å². The van der Waals surface area contributed by atoms with Crippen molar-refractivity contribution < 1.29 is 5.11 Å². The lowest BCUT2D eigenvalue weighted by Gasteiger charge is -2.47. The van der Waals surface area contributed by atoms with Crippen LogP contribution in [0.15, 0.2) is 30.6 Å². The Hall–Kier alpha value is -2.42. The number of aliphatic hydroxyl groups excluding tert-OH is 1. The van der Waals surface area contributed by atoms with Gasteiger partial charge in [0.2, 0.25) is 0 Å². The van der Waals surface area contributed by atoms with E-state index in [1.165, 1.54) is 19.2 Å². The number of halogens is 1. The Balaban J connectivity index is 1.30. The van der Waals surface area contributed by atoms with Gasteiger partial charge in [-0.3, -0.25) is 0 Å². The number of β-amino-alcohol motifs (C(OH)–C–C–N with tert-alkyl or cyclic N) is 1. The summed E-state index contributed by atoms with van der Waals surface area (Å²) in [5.41, 5.74) is 2.19. The second kappa shape index (κ2) is 9.44. The molecule has 3 aromatic rings. The molecule has 0 radical (unpaired) electrons. The summed E-state index contributed by atoms with van der Waals surface area (Å²) in [6.07, 6.45) is 4.04. The van der Waals surface area contributed by atoms with Crippen LogP contribution in [0.1, 0.15) is 36.9 Å². The number of fused-ring (bicyclic) bond motifs is 1. The van der Waals surface area contributed by atoms with Crippen molar-refractivity contribution in [3.05, 3.63) is 46.7 Å². The molecule has 2 aromatic heterocycles. The van der Waals surface area contributed by atoms with Crippen molar-refractivity contribution in [2.24, 2.45) is 11.8 Å². The first-order chi connectivity index (χ1) is 16.0. The molecule has 33 heavy (non-hydrogen) atoms. The number of anilines is 2. The van der Waals surface area contributed by atoms with E-state index in [2.05, 4.69) is 50.3 Å². The number of benzene rings is 1. The van der Waals surface area contributed by atoms with Gasteiger partial charge < -0.3 is 20.2 Å². The van der Waals surface area contributed by atoms with E-state index in [-0.39, 0.29) is 12.6 Å². The van der Waals surface area contributed by atoms with E-state index < -0.39 is 0 Å². The van der Waals surface area contributed by atoms with Crippen molar-refractivity contribution in [3.8, 4) is 0 Å². The maximum absolute atomic E-state index is 9.28. The third-order valence-electron chi connectivity index (χ3n) is 7.08. The summed E-state index contributed by atoms with van der Waals surface area (Å²) in [6, 6.07) is 8.21. The fraction of sp³-hybridized carbons (Fsp3) is 0.542. The minimum atomic E-state index is 0.00429. The van der Waals surface area contributed by atoms with Crippen LogP contribution in [-0.4, -0.2) is 68.9 Å². The number of aliphatic hydroxyl groups is 1. The van der Waals surface area contributed by atoms with Crippen LogP contribution in [-0.2, 0) is 0 Å². The van der Waals surface area contributed by atoms with Crippen LogP contribution in [0, 0.1) is 18.8 Å². The fourth-order valence-electron chi connectivity index (χ4n) is 5.17. The average Bonchev–Trinajstić information content (AvgIpc) is 3.22. The number of hydrogen-bond acceptors (Lipinski definition) is 7. The first-order valence-electron chi connectivity index (χ1n) is 11.8. The Morgan fingerprint density at radius 2 is 2.06 bits per heavy atom. The third-order valence-corrected chi connectivity index (χ3v) is 7.41. The number of aromatic nitrogens is 4. The molecule has 0 spiro atoms. The lowest BCUT2D eigenvalue weighted by atomic mass is 9.80. The van der Waals surface area contributed by atoms with Crippen molar-refractivity contribution in [2.45, 2.75) is 32.7 Å². The molecule has 0 aliphatic carbocycles. The average molecular weight is 470 g/mol. The van der Waals surface area contributed by atoms with Crippen molar-refractivity contribution in [3.63, 3.8) is 0 Å². The summed E-state index contributed by atoms with van der Waals surface area (Å²) in [5, 5.41) is 18.0. The minimum absolute atomic E-state index is 0.00429. The molecule has 0 saturated carbocycles. The highest BCUT2D eigenvalue weighted by Gasteiger charge is 2.36. The van der Waals surface area contributed by atoms with Gasteiger partial charge >= 0.3 is 0 Å². The highest BCUT2D eigenvalue weighted by atomic mass is 35.5. The second-order valence-corrected chi connectivity index (χ2v) is 9.86. The topological polar surface area (TPSA) is 81.8 Å². The van der Waals surface area contributed by atoms with E-state index >= 15 is 0 Å². The van der Waals surface area contributed by atoms with Gasteiger partial charge in [-0.2, -0.15) is 19.6 Å². The highest BCUT2D eigenvalue weighted by Crippen LogP contribution is 2.35. The van der Waals surface area contributed by atoms with Gasteiger partial charge in [-0.25, -0.2) is 0 Å². The summed E-state index contributed by atoms with van der Waals surface area (Å²) in [5.74, 6) is 3.74. The second-order valence-electron chi connectivity index (χ2n) is 9.45. The molecule has 2 N–H and O–H groups in total. The lowest BCUT2D eigenvalue weighted by molar-refractivity contribution is 0.102. The van der Waals surface area contributed by atoms with Gasteiger partial charge in [-0.05, 0) is 62.3 Å².